The van der Waals surface area contributed by atoms with Crippen LogP contribution in [0.5, 0.6) is 0 Å². The minimum Gasteiger partial charge on any atom is -0.481 e. The SMILES string of the molecule is CCC(C)(C)CS(=O)(=O)c1ccc(-c2sc(C(=O)N[C@H]3C[C@H](C(=O)O)C3)nc2CC2CCCCC2)c(Cl)c1C. The first-order chi connectivity index (χ1) is 18.3. The van der Waals surface area contributed by atoms with Gasteiger partial charge in [-0.3, -0.25) is 9.59 Å². The summed E-state index contributed by atoms with van der Waals surface area (Å²) in [5.74, 6) is -1.04. The normalized spacial score (nSPS) is 20.4. The van der Waals surface area contributed by atoms with Crippen molar-refractivity contribution in [1.29, 1.82) is 0 Å². The lowest BCUT2D eigenvalue weighted by atomic mass is 9.80. The molecule has 1 heterocycles. The van der Waals surface area contributed by atoms with E-state index in [1.165, 1.54) is 30.6 Å². The Morgan fingerprint density at radius 3 is 2.46 bits per heavy atom. The van der Waals surface area contributed by atoms with E-state index in [-0.39, 0.29) is 28.0 Å². The number of halogens is 1. The van der Waals surface area contributed by atoms with Crippen molar-refractivity contribution in [2.75, 3.05) is 5.75 Å². The minimum atomic E-state index is -3.55. The molecule has 0 atom stereocenters. The van der Waals surface area contributed by atoms with Gasteiger partial charge in [0, 0.05) is 11.6 Å². The van der Waals surface area contributed by atoms with Crippen molar-refractivity contribution in [1.82, 2.24) is 10.3 Å². The number of thiazole rings is 1. The van der Waals surface area contributed by atoms with E-state index in [2.05, 4.69) is 5.32 Å². The fraction of sp³-hybridized carbons (Fsp3) is 0.621. The summed E-state index contributed by atoms with van der Waals surface area (Å²) in [4.78, 5) is 30.0. The number of hydrogen-bond donors (Lipinski definition) is 2. The molecular weight excluding hydrogens is 556 g/mol. The number of carbonyl (C=O) groups excluding carboxylic acids is 1. The molecule has 2 saturated carbocycles. The van der Waals surface area contributed by atoms with Crippen molar-refractivity contribution in [3.8, 4) is 10.4 Å². The van der Waals surface area contributed by atoms with Crippen molar-refractivity contribution in [3.05, 3.63) is 33.4 Å². The molecule has 0 unspecified atom stereocenters. The molecule has 2 N–H and O–H groups in total. The Bertz CT molecular complexity index is 1340. The molecule has 0 saturated heterocycles. The number of carboxylic acids is 1. The molecule has 10 heteroatoms. The van der Waals surface area contributed by atoms with Gasteiger partial charge in [0.25, 0.3) is 5.91 Å². The van der Waals surface area contributed by atoms with Crippen molar-refractivity contribution >= 4 is 44.7 Å². The van der Waals surface area contributed by atoms with Crippen LogP contribution in [0.4, 0.5) is 0 Å². The first-order valence-corrected chi connectivity index (χ1v) is 16.7. The molecule has 214 valence electrons. The molecule has 1 amide bonds. The maximum absolute atomic E-state index is 13.3. The van der Waals surface area contributed by atoms with Gasteiger partial charge in [-0.2, -0.15) is 0 Å². The molecule has 0 aliphatic heterocycles. The van der Waals surface area contributed by atoms with Crippen LogP contribution in [0, 0.1) is 24.2 Å². The van der Waals surface area contributed by atoms with E-state index < -0.39 is 21.7 Å². The predicted octanol–water partition coefficient (Wildman–Crippen LogP) is 6.70. The van der Waals surface area contributed by atoms with E-state index in [4.69, 9.17) is 21.7 Å². The molecule has 2 aliphatic rings. The van der Waals surface area contributed by atoms with Crippen molar-refractivity contribution in [2.24, 2.45) is 17.3 Å². The van der Waals surface area contributed by atoms with Crippen LogP contribution in [0.1, 0.15) is 93.2 Å². The Morgan fingerprint density at radius 1 is 1.18 bits per heavy atom. The molecule has 0 radical (unpaired) electrons. The third-order valence-electron chi connectivity index (χ3n) is 8.38. The van der Waals surface area contributed by atoms with Crippen LogP contribution in [-0.4, -0.2) is 42.2 Å². The van der Waals surface area contributed by atoms with Gasteiger partial charge in [-0.15, -0.1) is 11.3 Å². The number of nitrogens with one attached hydrogen (secondary N) is 1. The van der Waals surface area contributed by atoms with Crippen LogP contribution < -0.4 is 5.32 Å². The first kappa shape index (κ1) is 30.0. The average molecular weight is 595 g/mol. The molecule has 2 aliphatic carbocycles. The lowest BCUT2D eigenvalue weighted by Gasteiger charge is -2.32. The monoisotopic (exact) mass is 594 g/mol. The summed E-state index contributed by atoms with van der Waals surface area (Å²) in [6.45, 7) is 7.62. The number of aliphatic carboxylic acids is 1. The summed E-state index contributed by atoms with van der Waals surface area (Å²) >= 11 is 8.14. The Hall–Kier alpha value is -1.97. The summed E-state index contributed by atoms with van der Waals surface area (Å²) in [5, 5.41) is 12.8. The maximum Gasteiger partial charge on any atom is 0.306 e. The van der Waals surface area contributed by atoms with E-state index in [1.54, 1.807) is 19.1 Å². The Morgan fingerprint density at radius 2 is 1.85 bits per heavy atom. The quantitative estimate of drug-likeness (QED) is 0.316. The van der Waals surface area contributed by atoms with E-state index in [9.17, 15) is 18.0 Å². The Kier molecular flexibility index (Phi) is 9.13. The number of carboxylic acid groups (broad SMARTS) is 1. The number of carbonyl (C=O) groups is 2. The minimum absolute atomic E-state index is 0.0364. The fourth-order valence-corrected chi connectivity index (χ4v) is 9.15. The average Bonchev–Trinajstić information content (AvgIpc) is 3.25. The Labute approximate surface area is 240 Å². The fourth-order valence-electron chi connectivity index (χ4n) is 5.52. The highest BCUT2D eigenvalue weighted by Gasteiger charge is 2.36. The zero-order chi connectivity index (χ0) is 28.5. The van der Waals surface area contributed by atoms with Crippen molar-refractivity contribution < 1.29 is 23.1 Å². The van der Waals surface area contributed by atoms with Crippen molar-refractivity contribution in [3.63, 3.8) is 0 Å². The molecule has 39 heavy (non-hydrogen) atoms. The molecule has 1 aromatic carbocycles. The smallest absolute Gasteiger partial charge is 0.306 e. The number of amides is 1. The van der Waals surface area contributed by atoms with Crippen LogP contribution in [0.3, 0.4) is 0 Å². The molecule has 4 rings (SSSR count). The zero-order valence-electron chi connectivity index (χ0n) is 23.2. The summed E-state index contributed by atoms with van der Waals surface area (Å²) in [5.41, 5.74) is 1.67. The highest BCUT2D eigenvalue weighted by Crippen LogP contribution is 2.41. The van der Waals surface area contributed by atoms with Gasteiger partial charge < -0.3 is 10.4 Å². The van der Waals surface area contributed by atoms with Crippen LogP contribution in [-0.2, 0) is 21.1 Å². The van der Waals surface area contributed by atoms with E-state index in [1.807, 2.05) is 20.8 Å². The van der Waals surface area contributed by atoms with E-state index in [0.29, 0.717) is 39.9 Å². The molecule has 1 aromatic heterocycles. The van der Waals surface area contributed by atoms with Gasteiger partial charge in [-0.1, -0.05) is 77.0 Å². The van der Waals surface area contributed by atoms with Gasteiger partial charge in [0.15, 0.2) is 14.8 Å². The summed E-state index contributed by atoms with van der Waals surface area (Å²) in [7, 11) is -3.55. The number of nitrogens with zero attached hydrogens (tertiary/aromatic N) is 1. The highest BCUT2D eigenvalue weighted by atomic mass is 35.5. The van der Waals surface area contributed by atoms with Gasteiger partial charge in [-0.05, 0) is 49.1 Å². The van der Waals surface area contributed by atoms with E-state index in [0.717, 1.165) is 36.3 Å². The van der Waals surface area contributed by atoms with Gasteiger partial charge in [-0.25, -0.2) is 13.4 Å². The number of hydrogen-bond acceptors (Lipinski definition) is 6. The lowest BCUT2D eigenvalue weighted by Crippen LogP contribution is -2.46. The molecule has 0 bridgehead atoms. The lowest BCUT2D eigenvalue weighted by molar-refractivity contribution is -0.145. The standard InChI is InChI=1S/C29H39ClN2O5S2/c1-5-29(3,4)16-39(36,37)23-12-11-21(24(30)17(23)2)25-22(13-18-9-7-6-8-10-18)32-27(38-25)26(33)31-20-14-19(15-20)28(34)35/h11-12,18-20H,5-10,13-16H2,1-4H3,(H,31,33)(H,34,35)/t19-,20-. The van der Waals surface area contributed by atoms with Crippen LogP contribution in [0.25, 0.3) is 10.4 Å². The number of rotatable bonds is 10. The number of sulfone groups is 1. The second-order valence-corrected chi connectivity index (χ2v) is 15.3. The Balaban J connectivity index is 1.66. The zero-order valence-corrected chi connectivity index (χ0v) is 25.6. The molecule has 7 nitrogen and oxygen atoms in total. The van der Waals surface area contributed by atoms with E-state index >= 15 is 0 Å². The maximum atomic E-state index is 13.3. The van der Waals surface area contributed by atoms with Gasteiger partial charge in [0.05, 0.1) is 32.2 Å². The third-order valence-corrected chi connectivity index (χ3v) is 12.3. The van der Waals surface area contributed by atoms with Crippen LogP contribution >= 0.6 is 22.9 Å². The second-order valence-electron chi connectivity index (χ2n) is 12.0. The number of benzene rings is 1. The summed E-state index contributed by atoms with van der Waals surface area (Å²) < 4.78 is 26.6. The van der Waals surface area contributed by atoms with Gasteiger partial charge in [0.1, 0.15) is 0 Å². The number of aromatic nitrogens is 1. The topological polar surface area (TPSA) is 113 Å². The first-order valence-electron chi connectivity index (χ1n) is 13.9. The van der Waals surface area contributed by atoms with Gasteiger partial charge in [0.2, 0.25) is 0 Å². The molecule has 0 spiro atoms. The van der Waals surface area contributed by atoms with Gasteiger partial charge >= 0.3 is 5.97 Å². The predicted molar refractivity (Wildman–Crippen MR) is 155 cm³/mol. The van der Waals surface area contributed by atoms with Crippen molar-refractivity contribution in [2.45, 2.75) is 96.4 Å². The van der Waals surface area contributed by atoms with Crippen LogP contribution in [0.15, 0.2) is 17.0 Å². The third kappa shape index (κ3) is 6.85. The summed E-state index contributed by atoms with van der Waals surface area (Å²) in [6.07, 6.45) is 8.17. The molecular formula is C29H39ClN2O5S2. The second kappa shape index (κ2) is 11.9. The summed E-state index contributed by atoms with van der Waals surface area (Å²) in [6, 6.07) is 3.22. The van der Waals surface area contributed by atoms with Crippen LogP contribution in [0.2, 0.25) is 5.02 Å². The molecule has 2 fully saturated rings. The largest absolute Gasteiger partial charge is 0.481 e. The highest BCUT2D eigenvalue weighted by molar-refractivity contribution is 7.91. The molecule has 2 aromatic rings.